The van der Waals surface area contributed by atoms with E-state index < -0.39 is 0 Å². The molecule has 0 heterocycles. The Hall–Kier alpha value is -1.87. The van der Waals surface area contributed by atoms with E-state index in [1.165, 1.54) is 35.1 Å². The summed E-state index contributed by atoms with van der Waals surface area (Å²) in [7, 11) is 2.10. The summed E-state index contributed by atoms with van der Waals surface area (Å²) in [6.07, 6.45) is 3.55. The number of rotatable bonds is 2. The van der Waals surface area contributed by atoms with Gasteiger partial charge in [-0.25, -0.2) is 0 Å². The molecule has 1 N–H and O–H groups in total. The minimum Gasteiger partial charge on any atom is -0.345 e. The summed E-state index contributed by atoms with van der Waals surface area (Å²) < 4.78 is 0. The maximum absolute atomic E-state index is 5.67. The number of benzene rings is 2. The Kier molecular flexibility index (Phi) is 4.67. The zero-order chi connectivity index (χ0) is 16.4. The molecule has 3 rings (SSSR count). The highest BCUT2D eigenvalue weighted by atomic mass is 32.1. The number of nitrogens with one attached hydrogen (secondary N) is 1. The molecule has 0 amide bonds. The zero-order valence-electron chi connectivity index (χ0n) is 14.1. The van der Waals surface area contributed by atoms with E-state index in [9.17, 15) is 0 Å². The van der Waals surface area contributed by atoms with Crippen molar-refractivity contribution in [3.63, 3.8) is 0 Å². The highest BCUT2D eigenvalue weighted by molar-refractivity contribution is 7.80. The average Bonchev–Trinajstić information content (AvgIpc) is 2.52. The predicted molar refractivity (Wildman–Crippen MR) is 102 cm³/mol. The minimum atomic E-state index is 0.367. The molecule has 1 atom stereocenters. The van der Waals surface area contributed by atoms with Crippen LogP contribution < -0.4 is 5.32 Å². The lowest BCUT2D eigenvalue weighted by molar-refractivity contribution is 0.336. The van der Waals surface area contributed by atoms with E-state index in [0.29, 0.717) is 6.04 Å². The van der Waals surface area contributed by atoms with Crippen LogP contribution in [0.2, 0.25) is 0 Å². The van der Waals surface area contributed by atoms with Gasteiger partial charge in [-0.2, -0.15) is 0 Å². The van der Waals surface area contributed by atoms with Gasteiger partial charge in [-0.3, -0.25) is 0 Å². The van der Waals surface area contributed by atoms with Crippen molar-refractivity contribution in [3.8, 4) is 0 Å². The van der Waals surface area contributed by atoms with Crippen LogP contribution in [0.4, 0.5) is 5.69 Å². The molecule has 0 saturated carbocycles. The van der Waals surface area contributed by atoms with Crippen molar-refractivity contribution in [1.29, 1.82) is 0 Å². The van der Waals surface area contributed by atoms with Crippen molar-refractivity contribution in [2.24, 2.45) is 0 Å². The molecule has 0 aromatic heterocycles. The summed E-state index contributed by atoms with van der Waals surface area (Å²) in [5.74, 6) is 0. The third-order valence-corrected chi connectivity index (χ3v) is 4.99. The highest BCUT2D eigenvalue weighted by Gasteiger charge is 2.24. The van der Waals surface area contributed by atoms with Crippen molar-refractivity contribution >= 4 is 23.0 Å². The number of fused-ring (bicyclic) bond motifs is 1. The fraction of sp³-hybridized carbons (Fsp3) is 0.350. The first kappa shape index (κ1) is 16.0. The molecule has 2 nitrogen and oxygen atoms in total. The second-order valence-corrected chi connectivity index (χ2v) is 6.91. The smallest absolute Gasteiger partial charge is 0.173 e. The SMILES string of the molecule is Cc1cc(C)cc(NC(=S)N(C)[C@@H]2CCCc3ccccc32)c1. The van der Waals surface area contributed by atoms with E-state index in [4.69, 9.17) is 12.2 Å². The van der Waals surface area contributed by atoms with Crippen molar-refractivity contribution in [3.05, 3.63) is 64.7 Å². The fourth-order valence-electron chi connectivity index (χ4n) is 3.53. The first-order valence-corrected chi connectivity index (χ1v) is 8.65. The van der Waals surface area contributed by atoms with E-state index >= 15 is 0 Å². The summed E-state index contributed by atoms with van der Waals surface area (Å²) in [6, 6.07) is 15.6. The molecular formula is C20H24N2S. The molecule has 23 heavy (non-hydrogen) atoms. The molecule has 1 aliphatic carbocycles. The van der Waals surface area contributed by atoms with E-state index in [2.05, 4.69) is 73.6 Å². The predicted octanol–water partition coefficient (Wildman–Crippen LogP) is 5.01. The number of anilines is 1. The van der Waals surface area contributed by atoms with Crippen LogP contribution in [-0.4, -0.2) is 17.1 Å². The van der Waals surface area contributed by atoms with Gasteiger partial charge in [0, 0.05) is 12.7 Å². The van der Waals surface area contributed by atoms with Crippen LogP contribution in [0.15, 0.2) is 42.5 Å². The number of thiocarbonyl (C=S) groups is 1. The lowest BCUT2D eigenvalue weighted by Crippen LogP contribution is -2.36. The topological polar surface area (TPSA) is 15.3 Å². The van der Waals surface area contributed by atoms with Crippen LogP contribution in [0.25, 0.3) is 0 Å². The van der Waals surface area contributed by atoms with Crippen LogP contribution in [0.5, 0.6) is 0 Å². The maximum atomic E-state index is 5.67. The summed E-state index contributed by atoms with van der Waals surface area (Å²) >= 11 is 5.67. The van der Waals surface area contributed by atoms with Gasteiger partial charge in [0.05, 0.1) is 6.04 Å². The molecule has 0 spiro atoms. The molecule has 2 aromatic carbocycles. The summed E-state index contributed by atoms with van der Waals surface area (Å²) in [4.78, 5) is 2.21. The highest BCUT2D eigenvalue weighted by Crippen LogP contribution is 2.33. The summed E-state index contributed by atoms with van der Waals surface area (Å²) in [5.41, 5.74) is 6.46. The molecule has 0 fully saturated rings. The Morgan fingerprint density at radius 2 is 1.83 bits per heavy atom. The average molecular weight is 324 g/mol. The van der Waals surface area contributed by atoms with Gasteiger partial charge in [0.1, 0.15) is 0 Å². The fourth-order valence-corrected chi connectivity index (χ4v) is 3.78. The Labute approximate surface area is 144 Å². The lowest BCUT2D eigenvalue weighted by atomic mass is 9.87. The van der Waals surface area contributed by atoms with Gasteiger partial charge in [-0.05, 0) is 79.7 Å². The van der Waals surface area contributed by atoms with Gasteiger partial charge in [-0.15, -0.1) is 0 Å². The summed E-state index contributed by atoms with van der Waals surface area (Å²) in [5, 5.41) is 4.20. The Morgan fingerprint density at radius 1 is 1.13 bits per heavy atom. The van der Waals surface area contributed by atoms with E-state index in [-0.39, 0.29) is 0 Å². The third-order valence-electron chi connectivity index (χ3n) is 4.60. The van der Waals surface area contributed by atoms with Crippen molar-refractivity contribution in [1.82, 2.24) is 4.90 Å². The van der Waals surface area contributed by atoms with E-state index in [1.807, 2.05) is 0 Å². The Balaban J connectivity index is 1.78. The molecular weight excluding hydrogens is 300 g/mol. The molecule has 0 unspecified atom stereocenters. The van der Waals surface area contributed by atoms with Crippen molar-refractivity contribution in [2.75, 3.05) is 12.4 Å². The minimum absolute atomic E-state index is 0.367. The normalized spacial score (nSPS) is 16.6. The van der Waals surface area contributed by atoms with E-state index in [1.54, 1.807) is 0 Å². The zero-order valence-corrected chi connectivity index (χ0v) is 14.9. The lowest BCUT2D eigenvalue weighted by Gasteiger charge is -2.35. The summed E-state index contributed by atoms with van der Waals surface area (Å²) in [6.45, 7) is 4.23. The van der Waals surface area contributed by atoms with Crippen molar-refractivity contribution in [2.45, 2.75) is 39.2 Å². The Bertz CT molecular complexity index is 703. The van der Waals surface area contributed by atoms with Gasteiger partial charge in [0.25, 0.3) is 0 Å². The maximum Gasteiger partial charge on any atom is 0.173 e. The van der Waals surface area contributed by atoms with Gasteiger partial charge in [0.15, 0.2) is 5.11 Å². The molecule has 0 saturated heterocycles. The molecule has 0 aliphatic heterocycles. The standard InChI is InChI=1S/C20H24N2S/c1-14-11-15(2)13-17(12-14)21-20(23)22(3)19-10-6-8-16-7-4-5-9-18(16)19/h4-5,7,9,11-13,19H,6,8,10H2,1-3H3,(H,21,23)/t19-/m1/s1. The largest absolute Gasteiger partial charge is 0.345 e. The molecule has 120 valence electrons. The molecule has 0 radical (unpaired) electrons. The second kappa shape index (κ2) is 6.71. The van der Waals surface area contributed by atoms with Crippen LogP contribution in [-0.2, 0) is 6.42 Å². The quantitative estimate of drug-likeness (QED) is 0.782. The van der Waals surface area contributed by atoms with Crippen LogP contribution in [0.3, 0.4) is 0 Å². The molecule has 2 aromatic rings. The van der Waals surface area contributed by atoms with Gasteiger partial charge in [-0.1, -0.05) is 30.3 Å². The third kappa shape index (κ3) is 3.56. The second-order valence-electron chi connectivity index (χ2n) is 6.52. The van der Waals surface area contributed by atoms with Crippen molar-refractivity contribution < 1.29 is 0 Å². The first-order valence-electron chi connectivity index (χ1n) is 8.24. The number of nitrogens with zero attached hydrogens (tertiary/aromatic N) is 1. The van der Waals surface area contributed by atoms with E-state index in [0.717, 1.165) is 17.2 Å². The van der Waals surface area contributed by atoms with Gasteiger partial charge in [0.2, 0.25) is 0 Å². The van der Waals surface area contributed by atoms with Crippen LogP contribution in [0, 0.1) is 13.8 Å². The number of aryl methyl sites for hydroxylation is 3. The number of hydrogen-bond acceptors (Lipinski definition) is 1. The molecule has 3 heteroatoms. The monoisotopic (exact) mass is 324 g/mol. The van der Waals surface area contributed by atoms with Crippen LogP contribution >= 0.6 is 12.2 Å². The number of hydrogen-bond donors (Lipinski definition) is 1. The first-order chi connectivity index (χ1) is 11.0. The molecule has 0 bridgehead atoms. The van der Waals surface area contributed by atoms with Gasteiger partial charge >= 0.3 is 0 Å². The van der Waals surface area contributed by atoms with Gasteiger partial charge < -0.3 is 10.2 Å². The molecule has 1 aliphatic rings. The Morgan fingerprint density at radius 3 is 2.57 bits per heavy atom. The van der Waals surface area contributed by atoms with Crippen LogP contribution in [0.1, 0.15) is 41.1 Å².